The molecule has 108 valence electrons. The van der Waals surface area contributed by atoms with Gasteiger partial charge in [-0.2, -0.15) is 0 Å². The summed E-state index contributed by atoms with van der Waals surface area (Å²) < 4.78 is 0. The Morgan fingerprint density at radius 2 is 2.00 bits per heavy atom. The highest BCUT2D eigenvalue weighted by Gasteiger charge is 2.25. The summed E-state index contributed by atoms with van der Waals surface area (Å²) in [6.07, 6.45) is 8.45. The van der Waals surface area contributed by atoms with Crippen molar-refractivity contribution in [1.82, 2.24) is 5.32 Å². The largest absolute Gasteiger partial charge is 0.352 e. The van der Waals surface area contributed by atoms with E-state index in [1.165, 1.54) is 37.7 Å². The second-order valence-electron chi connectivity index (χ2n) is 6.24. The molecule has 0 bridgehead atoms. The Balaban J connectivity index is 1.67. The van der Waals surface area contributed by atoms with Crippen LogP contribution < -0.4 is 11.1 Å². The van der Waals surface area contributed by atoms with Gasteiger partial charge in [0.2, 0.25) is 0 Å². The predicted molar refractivity (Wildman–Crippen MR) is 80.6 cm³/mol. The van der Waals surface area contributed by atoms with Gasteiger partial charge in [-0.25, -0.2) is 0 Å². The van der Waals surface area contributed by atoms with Crippen LogP contribution in [0.2, 0.25) is 0 Å². The molecule has 1 fully saturated rings. The number of benzene rings is 1. The molecular weight excluding hydrogens is 248 g/mol. The van der Waals surface area contributed by atoms with E-state index in [0.717, 1.165) is 30.5 Å². The first-order valence-corrected chi connectivity index (χ1v) is 7.91. The number of hydrogen-bond acceptors (Lipinski definition) is 2. The monoisotopic (exact) mass is 272 g/mol. The third kappa shape index (κ3) is 2.73. The lowest BCUT2D eigenvalue weighted by molar-refractivity contribution is 0.0942. The molecule has 0 aromatic heterocycles. The molecule has 1 atom stereocenters. The summed E-state index contributed by atoms with van der Waals surface area (Å²) in [7, 11) is 0. The quantitative estimate of drug-likeness (QED) is 0.889. The Morgan fingerprint density at radius 3 is 2.80 bits per heavy atom. The first kappa shape index (κ1) is 13.6. The first-order chi connectivity index (χ1) is 9.75. The van der Waals surface area contributed by atoms with Crippen LogP contribution in [0.3, 0.4) is 0 Å². The van der Waals surface area contributed by atoms with E-state index in [-0.39, 0.29) is 11.9 Å². The standard InChI is InChI=1S/C17H24N2O/c18-15-10-9-13-7-4-8-14(16(13)15)17(20)19-11-12-5-2-1-3-6-12/h4,7-8,12,15H,1-3,5-6,9-11,18H2,(H,19,20)/t15-/m0/s1. The molecule has 0 radical (unpaired) electrons. The number of nitrogens with one attached hydrogen (secondary N) is 1. The molecule has 3 rings (SSSR count). The second kappa shape index (κ2) is 5.96. The van der Waals surface area contributed by atoms with Gasteiger partial charge in [0.1, 0.15) is 0 Å². The molecule has 1 amide bonds. The van der Waals surface area contributed by atoms with Gasteiger partial charge in [0.05, 0.1) is 0 Å². The molecule has 0 aliphatic heterocycles. The normalized spacial score (nSPS) is 22.6. The molecule has 1 aromatic rings. The summed E-state index contributed by atoms with van der Waals surface area (Å²) in [6, 6.07) is 6.02. The SMILES string of the molecule is N[C@H]1CCc2cccc(C(=O)NCC3CCCCC3)c21. The van der Waals surface area contributed by atoms with Crippen molar-refractivity contribution in [2.75, 3.05) is 6.54 Å². The first-order valence-electron chi connectivity index (χ1n) is 7.91. The number of nitrogens with two attached hydrogens (primary N) is 1. The Bertz CT molecular complexity index is 492. The van der Waals surface area contributed by atoms with E-state index >= 15 is 0 Å². The van der Waals surface area contributed by atoms with Crippen LogP contribution in [-0.4, -0.2) is 12.5 Å². The molecule has 3 N–H and O–H groups in total. The molecule has 2 aliphatic carbocycles. The van der Waals surface area contributed by atoms with Crippen molar-refractivity contribution >= 4 is 5.91 Å². The number of fused-ring (bicyclic) bond motifs is 1. The van der Waals surface area contributed by atoms with E-state index in [1.54, 1.807) is 0 Å². The molecule has 3 nitrogen and oxygen atoms in total. The number of carbonyl (C=O) groups excluding carboxylic acids is 1. The fourth-order valence-corrected chi connectivity index (χ4v) is 3.65. The third-order valence-electron chi connectivity index (χ3n) is 4.81. The summed E-state index contributed by atoms with van der Waals surface area (Å²) in [5.74, 6) is 0.725. The van der Waals surface area contributed by atoms with Gasteiger partial charge in [-0.3, -0.25) is 4.79 Å². The number of amides is 1. The highest BCUT2D eigenvalue weighted by molar-refractivity contribution is 5.96. The zero-order valence-corrected chi connectivity index (χ0v) is 12.0. The van der Waals surface area contributed by atoms with Gasteiger partial charge >= 0.3 is 0 Å². The minimum atomic E-state index is 0.0293. The molecule has 0 saturated heterocycles. The number of hydrogen-bond donors (Lipinski definition) is 2. The molecule has 3 heteroatoms. The maximum absolute atomic E-state index is 12.4. The van der Waals surface area contributed by atoms with Crippen LogP contribution in [0.15, 0.2) is 18.2 Å². The second-order valence-corrected chi connectivity index (χ2v) is 6.24. The molecule has 20 heavy (non-hydrogen) atoms. The molecular formula is C17H24N2O. The van der Waals surface area contributed by atoms with Crippen LogP contribution >= 0.6 is 0 Å². The van der Waals surface area contributed by atoms with Crippen molar-refractivity contribution in [1.29, 1.82) is 0 Å². The summed E-state index contributed by atoms with van der Waals surface area (Å²) in [5, 5.41) is 3.12. The van der Waals surface area contributed by atoms with Gasteiger partial charge in [0.25, 0.3) is 5.91 Å². The van der Waals surface area contributed by atoms with Crippen molar-refractivity contribution in [3.8, 4) is 0 Å². The third-order valence-corrected chi connectivity index (χ3v) is 4.81. The van der Waals surface area contributed by atoms with Gasteiger partial charge in [-0.1, -0.05) is 31.4 Å². The van der Waals surface area contributed by atoms with Gasteiger partial charge in [-0.15, -0.1) is 0 Å². The smallest absolute Gasteiger partial charge is 0.251 e. The van der Waals surface area contributed by atoms with E-state index in [0.29, 0.717) is 5.92 Å². The van der Waals surface area contributed by atoms with Crippen LogP contribution in [0.5, 0.6) is 0 Å². The highest BCUT2D eigenvalue weighted by atomic mass is 16.1. The average molecular weight is 272 g/mol. The lowest BCUT2D eigenvalue weighted by Crippen LogP contribution is -2.31. The topological polar surface area (TPSA) is 55.1 Å². The van der Waals surface area contributed by atoms with Crippen molar-refractivity contribution in [3.05, 3.63) is 34.9 Å². The fourth-order valence-electron chi connectivity index (χ4n) is 3.65. The zero-order valence-electron chi connectivity index (χ0n) is 12.0. The van der Waals surface area contributed by atoms with Crippen LogP contribution in [0, 0.1) is 5.92 Å². The molecule has 2 aliphatic rings. The average Bonchev–Trinajstić information content (AvgIpc) is 2.87. The van der Waals surface area contributed by atoms with Crippen LogP contribution in [0.4, 0.5) is 0 Å². The molecule has 0 spiro atoms. The Hall–Kier alpha value is -1.35. The van der Waals surface area contributed by atoms with E-state index in [9.17, 15) is 4.79 Å². The lowest BCUT2D eigenvalue weighted by atomic mass is 9.89. The van der Waals surface area contributed by atoms with E-state index in [2.05, 4.69) is 11.4 Å². The summed E-state index contributed by atoms with van der Waals surface area (Å²) in [5.41, 5.74) is 9.27. The molecule has 1 saturated carbocycles. The van der Waals surface area contributed by atoms with E-state index in [4.69, 9.17) is 5.73 Å². The Labute approximate surface area is 120 Å². The van der Waals surface area contributed by atoms with Crippen LogP contribution in [-0.2, 0) is 6.42 Å². The van der Waals surface area contributed by atoms with Crippen LogP contribution in [0.25, 0.3) is 0 Å². The number of carbonyl (C=O) groups is 1. The van der Waals surface area contributed by atoms with Crippen LogP contribution in [0.1, 0.15) is 66.1 Å². The summed E-state index contributed by atoms with van der Waals surface area (Å²) in [6.45, 7) is 0.817. The van der Waals surface area contributed by atoms with Crippen molar-refractivity contribution in [2.24, 2.45) is 11.7 Å². The van der Waals surface area contributed by atoms with Gasteiger partial charge in [-0.05, 0) is 48.8 Å². The molecule has 1 aromatic carbocycles. The summed E-state index contributed by atoms with van der Waals surface area (Å²) >= 11 is 0. The maximum Gasteiger partial charge on any atom is 0.251 e. The van der Waals surface area contributed by atoms with Gasteiger partial charge in [0.15, 0.2) is 0 Å². The maximum atomic E-state index is 12.4. The van der Waals surface area contributed by atoms with Crippen molar-refractivity contribution < 1.29 is 4.79 Å². The minimum absolute atomic E-state index is 0.0293. The fraction of sp³-hybridized carbons (Fsp3) is 0.588. The van der Waals surface area contributed by atoms with Gasteiger partial charge < -0.3 is 11.1 Å². The summed E-state index contributed by atoms with van der Waals surface area (Å²) in [4.78, 5) is 12.4. The number of aryl methyl sites for hydroxylation is 1. The van der Waals surface area contributed by atoms with E-state index < -0.39 is 0 Å². The molecule has 0 unspecified atom stereocenters. The van der Waals surface area contributed by atoms with Gasteiger partial charge in [0, 0.05) is 18.2 Å². The van der Waals surface area contributed by atoms with Crippen molar-refractivity contribution in [2.45, 2.75) is 51.0 Å². The molecule has 0 heterocycles. The Kier molecular flexibility index (Phi) is 4.06. The zero-order chi connectivity index (χ0) is 13.9. The Morgan fingerprint density at radius 1 is 1.20 bits per heavy atom. The highest BCUT2D eigenvalue weighted by Crippen LogP contribution is 2.32. The lowest BCUT2D eigenvalue weighted by Gasteiger charge is -2.22. The minimum Gasteiger partial charge on any atom is -0.352 e. The predicted octanol–water partition coefficient (Wildman–Crippen LogP) is 2.94. The number of rotatable bonds is 3. The van der Waals surface area contributed by atoms with Crippen molar-refractivity contribution in [3.63, 3.8) is 0 Å². The van der Waals surface area contributed by atoms with E-state index in [1.807, 2.05) is 12.1 Å².